The molecule has 6 heteroatoms. The Labute approximate surface area is 184 Å². The SMILES string of the molecule is C.COC(=O)[C@H](C)N[C@H](C)c1ccc(OCCc2nc(-c3ccccc3)oc2C)cc1. The summed E-state index contributed by atoms with van der Waals surface area (Å²) in [6.45, 7) is 6.23. The van der Waals surface area contributed by atoms with Gasteiger partial charge in [-0.2, -0.15) is 0 Å². The van der Waals surface area contributed by atoms with E-state index >= 15 is 0 Å². The van der Waals surface area contributed by atoms with E-state index in [1.807, 2.05) is 68.4 Å². The third-order valence-corrected chi connectivity index (χ3v) is 4.96. The lowest BCUT2D eigenvalue weighted by molar-refractivity contribution is -0.142. The number of nitrogens with one attached hydrogen (secondary N) is 1. The van der Waals surface area contributed by atoms with E-state index in [4.69, 9.17) is 13.9 Å². The summed E-state index contributed by atoms with van der Waals surface area (Å²) >= 11 is 0. The number of aromatic nitrogens is 1. The third-order valence-electron chi connectivity index (χ3n) is 4.96. The minimum absolute atomic E-state index is 0. The van der Waals surface area contributed by atoms with Crippen LogP contribution in [-0.4, -0.2) is 30.7 Å². The van der Waals surface area contributed by atoms with Crippen molar-refractivity contribution in [1.29, 1.82) is 0 Å². The van der Waals surface area contributed by atoms with Crippen LogP contribution >= 0.6 is 0 Å². The average molecular weight is 425 g/mol. The quantitative estimate of drug-likeness (QED) is 0.481. The molecule has 1 aromatic heterocycles. The number of carbonyl (C=O) groups excluding carboxylic acids is 1. The van der Waals surface area contributed by atoms with Gasteiger partial charge in [-0.15, -0.1) is 0 Å². The van der Waals surface area contributed by atoms with Crippen molar-refractivity contribution in [2.45, 2.75) is 46.7 Å². The molecule has 0 saturated carbocycles. The number of aryl methyl sites for hydroxylation is 1. The lowest BCUT2D eigenvalue weighted by Gasteiger charge is -2.19. The first-order valence-corrected chi connectivity index (χ1v) is 10.1. The predicted molar refractivity (Wildman–Crippen MR) is 122 cm³/mol. The Kier molecular flexibility index (Phi) is 8.82. The summed E-state index contributed by atoms with van der Waals surface area (Å²) in [5, 5.41) is 3.22. The Morgan fingerprint density at radius 2 is 1.77 bits per heavy atom. The first-order valence-electron chi connectivity index (χ1n) is 10.1. The van der Waals surface area contributed by atoms with Gasteiger partial charge in [0, 0.05) is 18.0 Å². The van der Waals surface area contributed by atoms with Crippen LogP contribution in [0, 0.1) is 6.92 Å². The van der Waals surface area contributed by atoms with Crippen molar-refractivity contribution >= 4 is 5.97 Å². The highest BCUT2D eigenvalue weighted by Gasteiger charge is 2.16. The summed E-state index contributed by atoms with van der Waals surface area (Å²) < 4.78 is 16.4. The summed E-state index contributed by atoms with van der Waals surface area (Å²) in [7, 11) is 1.39. The van der Waals surface area contributed by atoms with Gasteiger partial charge in [-0.25, -0.2) is 4.98 Å². The molecule has 2 atom stereocenters. The van der Waals surface area contributed by atoms with Gasteiger partial charge in [0.25, 0.3) is 0 Å². The Morgan fingerprint density at radius 1 is 1.10 bits per heavy atom. The van der Waals surface area contributed by atoms with Crippen LogP contribution in [0.1, 0.15) is 44.3 Å². The van der Waals surface area contributed by atoms with E-state index in [0.717, 1.165) is 28.3 Å². The van der Waals surface area contributed by atoms with E-state index in [-0.39, 0.29) is 25.5 Å². The van der Waals surface area contributed by atoms with Gasteiger partial charge in [0.1, 0.15) is 17.6 Å². The number of rotatable bonds is 9. The van der Waals surface area contributed by atoms with Crippen LogP contribution in [0.15, 0.2) is 59.0 Å². The number of benzene rings is 2. The molecule has 1 heterocycles. The van der Waals surface area contributed by atoms with Gasteiger partial charge in [-0.3, -0.25) is 10.1 Å². The van der Waals surface area contributed by atoms with Gasteiger partial charge in [0.15, 0.2) is 0 Å². The molecule has 0 unspecified atom stereocenters. The van der Waals surface area contributed by atoms with E-state index < -0.39 is 0 Å². The van der Waals surface area contributed by atoms with Crippen LogP contribution in [0.2, 0.25) is 0 Å². The molecule has 166 valence electrons. The van der Waals surface area contributed by atoms with E-state index in [1.165, 1.54) is 7.11 Å². The molecule has 6 nitrogen and oxygen atoms in total. The zero-order valence-corrected chi connectivity index (χ0v) is 17.8. The highest BCUT2D eigenvalue weighted by molar-refractivity contribution is 5.75. The Morgan fingerprint density at radius 3 is 2.42 bits per heavy atom. The lowest BCUT2D eigenvalue weighted by atomic mass is 10.1. The van der Waals surface area contributed by atoms with Crippen molar-refractivity contribution in [2.75, 3.05) is 13.7 Å². The van der Waals surface area contributed by atoms with Crippen LogP contribution < -0.4 is 10.1 Å². The fourth-order valence-electron chi connectivity index (χ4n) is 3.20. The molecule has 3 rings (SSSR count). The van der Waals surface area contributed by atoms with Gasteiger partial charge < -0.3 is 13.9 Å². The highest BCUT2D eigenvalue weighted by Crippen LogP contribution is 2.22. The van der Waals surface area contributed by atoms with Crippen LogP contribution in [0.3, 0.4) is 0 Å². The zero-order chi connectivity index (χ0) is 21.5. The van der Waals surface area contributed by atoms with Gasteiger partial charge in [-0.05, 0) is 50.6 Å². The second kappa shape index (κ2) is 11.3. The maximum Gasteiger partial charge on any atom is 0.322 e. The van der Waals surface area contributed by atoms with Crippen LogP contribution in [-0.2, 0) is 16.0 Å². The molecule has 1 N–H and O–H groups in total. The molecule has 31 heavy (non-hydrogen) atoms. The molecule has 0 aliphatic heterocycles. The summed E-state index contributed by atoms with van der Waals surface area (Å²) in [6, 6.07) is 17.4. The molecule has 0 aliphatic carbocycles. The molecule has 0 spiro atoms. The Bertz CT molecular complexity index is 951. The first kappa shape index (κ1) is 24.2. The summed E-state index contributed by atoms with van der Waals surface area (Å²) in [5.41, 5.74) is 2.94. The number of hydrogen-bond acceptors (Lipinski definition) is 6. The smallest absolute Gasteiger partial charge is 0.322 e. The molecule has 0 bridgehead atoms. The van der Waals surface area contributed by atoms with E-state index in [9.17, 15) is 4.79 Å². The largest absolute Gasteiger partial charge is 0.493 e. The van der Waals surface area contributed by atoms with E-state index in [1.54, 1.807) is 6.92 Å². The predicted octanol–water partition coefficient (Wildman–Crippen LogP) is 5.12. The molecule has 0 fully saturated rings. The second-order valence-corrected chi connectivity index (χ2v) is 7.19. The molecular formula is C25H32N2O4. The number of hydrogen-bond donors (Lipinski definition) is 1. The third kappa shape index (κ3) is 6.43. The summed E-state index contributed by atoms with van der Waals surface area (Å²) in [4.78, 5) is 16.2. The molecule has 2 aromatic carbocycles. The molecule has 0 saturated heterocycles. The molecule has 0 amide bonds. The number of ether oxygens (including phenoxy) is 2. The lowest BCUT2D eigenvalue weighted by Crippen LogP contribution is -2.36. The minimum atomic E-state index is -0.368. The monoisotopic (exact) mass is 424 g/mol. The average Bonchev–Trinajstić information content (AvgIpc) is 3.14. The van der Waals surface area contributed by atoms with Crippen LogP contribution in [0.5, 0.6) is 5.75 Å². The van der Waals surface area contributed by atoms with Gasteiger partial charge in [0.2, 0.25) is 5.89 Å². The maximum atomic E-state index is 11.6. The standard InChI is InChI=1S/C24H28N2O4.CH4/c1-16(25-17(2)24(27)28-4)19-10-12-21(13-11-19)29-15-14-22-18(3)30-23(26-22)20-8-6-5-7-9-20;/h5-13,16-17,25H,14-15H2,1-4H3;1H4/t16-,17+;/m1./s1. The van der Waals surface area contributed by atoms with Crippen molar-refractivity contribution in [2.24, 2.45) is 0 Å². The topological polar surface area (TPSA) is 73.6 Å². The Balaban J connectivity index is 0.00000341. The van der Waals surface area contributed by atoms with Gasteiger partial charge in [-0.1, -0.05) is 37.8 Å². The normalized spacial score (nSPS) is 12.5. The van der Waals surface area contributed by atoms with Crippen molar-refractivity contribution in [3.8, 4) is 17.2 Å². The van der Waals surface area contributed by atoms with Crippen molar-refractivity contribution < 1.29 is 18.7 Å². The minimum Gasteiger partial charge on any atom is -0.493 e. The summed E-state index contributed by atoms with van der Waals surface area (Å²) in [5.74, 6) is 1.96. The number of carbonyl (C=O) groups is 1. The van der Waals surface area contributed by atoms with Crippen LogP contribution in [0.25, 0.3) is 11.5 Å². The zero-order valence-electron chi connectivity index (χ0n) is 17.8. The number of oxazole rings is 1. The number of methoxy groups -OCH3 is 1. The number of nitrogens with zero attached hydrogens (tertiary/aromatic N) is 1. The molecular weight excluding hydrogens is 392 g/mol. The first-order chi connectivity index (χ1) is 14.5. The molecule has 3 aromatic rings. The number of esters is 1. The van der Waals surface area contributed by atoms with Gasteiger partial charge >= 0.3 is 5.97 Å². The summed E-state index contributed by atoms with van der Waals surface area (Å²) in [6.07, 6.45) is 0.665. The highest BCUT2D eigenvalue weighted by atomic mass is 16.5. The van der Waals surface area contributed by atoms with Crippen molar-refractivity contribution in [3.63, 3.8) is 0 Å². The van der Waals surface area contributed by atoms with Crippen LogP contribution in [0.4, 0.5) is 0 Å². The van der Waals surface area contributed by atoms with Gasteiger partial charge in [0.05, 0.1) is 19.4 Å². The van der Waals surface area contributed by atoms with Crippen molar-refractivity contribution in [3.05, 3.63) is 71.6 Å². The maximum absolute atomic E-state index is 11.6. The molecule has 0 radical (unpaired) electrons. The Hall–Kier alpha value is -3.12. The second-order valence-electron chi connectivity index (χ2n) is 7.19. The van der Waals surface area contributed by atoms with Crippen molar-refractivity contribution in [1.82, 2.24) is 10.3 Å². The molecule has 0 aliphatic rings. The van der Waals surface area contributed by atoms with E-state index in [2.05, 4.69) is 10.3 Å². The fourth-order valence-corrected chi connectivity index (χ4v) is 3.20. The fraction of sp³-hybridized carbons (Fsp3) is 0.360. The van der Waals surface area contributed by atoms with E-state index in [0.29, 0.717) is 18.9 Å².